The minimum absolute atomic E-state index is 0.173. The van der Waals surface area contributed by atoms with E-state index in [2.05, 4.69) is 0 Å². The Morgan fingerprint density at radius 1 is 1.62 bits per heavy atom. The summed E-state index contributed by atoms with van der Waals surface area (Å²) in [7, 11) is 0. The number of benzene rings is 1. The topological polar surface area (TPSA) is 76.1 Å². The maximum atomic E-state index is 11.5. The SMILES string of the molecule is CCOC(=O)c1cc(CN)c(C#N)cc1Cl. The molecule has 1 aromatic rings. The van der Waals surface area contributed by atoms with Crippen LogP contribution in [0, 0.1) is 11.3 Å². The normalized spacial score (nSPS) is 9.62. The third kappa shape index (κ3) is 2.51. The first kappa shape index (κ1) is 12.5. The molecule has 0 saturated carbocycles. The number of nitrogens with two attached hydrogens (primary N) is 1. The van der Waals surface area contributed by atoms with Gasteiger partial charge in [0, 0.05) is 6.54 Å². The first-order valence-electron chi connectivity index (χ1n) is 4.73. The summed E-state index contributed by atoms with van der Waals surface area (Å²) < 4.78 is 4.83. The van der Waals surface area contributed by atoms with Gasteiger partial charge in [0.2, 0.25) is 0 Å². The zero-order valence-corrected chi connectivity index (χ0v) is 9.54. The molecule has 0 amide bonds. The van der Waals surface area contributed by atoms with E-state index >= 15 is 0 Å². The van der Waals surface area contributed by atoms with Gasteiger partial charge < -0.3 is 10.5 Å². The van der Waals surface area contributed by atoms with Gasteiger partial charge in [-0.2, -0.15) is 5.26 Å². The van der Waals surface area contributed by atoms with E-state index in [-0.39, 0.29) is 23.7 Å². The number of esters is 1. The Morgan fingerprint density at radius 2 is 2.31 bits per heavy atom. The van der Waals surface area contributed by atoms with E-state index < -0.39 is 5.97 Å². The van der Waals surface area contributed by atoms with E-state index in [9.17, 15) is 4.79 Å². The van der Waals surface area contributed by atoms with Gasteiger partial charge in [-0.15, -0.1) is 0 Å². The molecule has 0 aliphatic heterocycles. The highest BCUT2D eigenvalue weighted by atomic mass is 35.5. The van der Waals surface area contributed by atoms with Crippen molar-refractivity contribution in [3.63, 3.8) is 0 Å². The van der Waals surface area contributed by atoms with Gasteiger partial charge in [-0.3, -0.25) is 0 Å². The fourth-order valence-electron chi connectivity index (χ4n) is 1.26. The summed E-state index contributed by atoms with van der Waals surface area (Å²) in [6.07, 6.45) is 0. The van der Waals surface area contributed by atoms with E-state index in [1.165, 1.54) is 12.1 Å². The average molecular weight is 239 g/mol. The minimum Gasteiger partial charge on any atom is -0.462 e. The van der Waals surface area contributed by atoms with Gasteiger partial charge in [-0.05, 0) is 24.6 Å². The Hall–Kier alpha value is -1.57. The van der Waals surface area contributed by atoms with Crippen LogP contribution in [0.3, 0.4) is 0 Å². The Balaban J connectivity index is 3.22. The number of halogens is 1. The predicted octanol–water partition coefficient (Wildman–Crippen LogP) is 1.85. The van der Waals surface area contributed by atoms with Crippen LogP contribution in [0.5, 0.6) is 0 Å². The van der Waals surface area contributed by atoms with Crippen molar-refractivity contribution < 1.29 is 9.53 Å². The van der Waals surface area contributed by atoms with Crippen molar-refractivity contribution in [1.29, 1.82) is 5.26 Å². The quantitative estimate of drug-likeness (QED) is 0.816. The van der Waals surface area contributed by atoms with Gasteiger partial charge in [0.25, 0.3) is 0 Å². The van der Waals surface area contributed by atoms with Crippen LogP contribution >= 0.6 is 11.6 Å². The average Bonchev–Trinajstić information content (AvgIpc) is 2.28. The van der Waals surface area contributed by atoms with Crippen molar-refractivity contribution >= 4 is 17.6 Å². The molecule has 5 heteroatoms. The lowest BCUT2D eigenvalue weighted by molar-refractivity contribution is 0.0526. The lowest BCUT2D eigenvalue weighted by Gasteiger charge is -2.07. The minimum atomic E-state index is -0.508. The van der Waals surface area contributed by atoms with Crippen LogP contribution < -0.4 is 5.73 Å². The molecule has 0 atom stereocenters. The smallest absolute Gasteiger partial charge is 0.339 e. The molecule has 16 heavy (non-hydrogen) atoms. The zero-order chi connectivity index (χ0) is 12.1. The maximum Gasteiger partial charge on any atom is 0.339 e. The van der Waals surface area contributed by atoms with Crippen LogP contribution in [0.1, 0.15) is 28.4 Å². The lowest BCUT2D eigenvalue weighted by Crippen LogP contribution is -2.08. The molecule has 0 aliphatic carbocycles. The summed E-state index contributed by atoms with van der Waals surface area (Å²) in [5.74, 6) is -0.508. The molecular weight excluding hydrogens is 228 g/mol. The van der Waals surface area contributed by atoms with Gasteiger partial charge in [0.05, 0.1) is 28.8 Å². The second-order valence-corrected chi connectivity index (χ2v) is 3.43. The first-order chi connectivity index (χ1) is 7.63. The van der Waals surface area contributed by atoms with Gasteiger partial charge in [0.15, 0.2) is 0 Å². The van der Waals surface area contributed by atoms with Crippen LogP contribution in [-0.2, 0) is 11.3 Å². The molecule has 0 spiro atoms. The largest absolute Gasteiger partial charge is 0.462 e. The lowest BCUT2D eigenvalue weighted by atomic mass is 10.0. The third-order valence-corrected chi connectivity index (χ3v) is 2.34. The number of carbonyl (C=O) groups is 1. The summed E-state index contributed by atoms with van der Waals surface area (Å²) >= 11 is 5.87. The molecule has 0 unspecified atom stereocenters. The summed E-state index contributed by atoms with van der Waals surface area (Å²) in [4.78, 5) is 11.5. The number of rotatable bonds is 3. The maximum absolute atomic E-state index is 11.5. The Morgan fingerprint density at radius 3 is 2.81 bits per heavy atom. The van der Waals surface area contributed by atoms with Crippen molar-refractivity contribution in [3.8, 4) is 6.07 Å². The number of ether oxygens (including phenoxy) is 1. The number of nitrogens with zero attached hydrogens (tertiary/aromatic N) is 1. The molecule has 0 bridgehead atoms. The van der Waals surface area contributed by atoms with Gasteiger partial charge in [-0.1, -0.05) is 11.6 Å². The van der Waals surface area contributed by atoms with Crippen molar-refractivity contribution in [2.24, 2.45) is 5.73 Å². The molecule has 0 aromatic heterocycles. The van der Waals surface area contributed by atoms with Gasteiger partial charge >= 0.3 is 5.97 Å². The van der Waals surface area contributed by atoms with Crippen LogP contribution in [0.25, 0.3) is 0 Å². The summed E-state index contributed by atoms with van der Waals surface area (Å²) in [5.41, 5.74) is 6.67. The highest BCUT2D eigenvalue weighted by Crippen LogP contribution is 2.22. The fourth-order valence-corrected chi connectivity index (χ4v) is 1.50. The molecule has 0 aliphatic rings. The second-order valence-electron chi connectivity index (χ2n) is 3.03. The number of nitriles is 1. The summed E-state index contributed by atoms with van der Waals surface area (Å²) in [6.45, 7) is 2.15. The second kappa shape index (κ2) is 5.50. The van der Waals surface area contributed by atoms with Crippen LogP contribution in [0.4, 0.5) is 0 Å². The highest BCUT2D eigenvalue weighted by molar-refractivity contribution is 6.33. The van der Waals surface area contributed by atoms with Crippen molar-refractivity contribution in [2.45, 2.75) is 13.5 Å². The zero-order valence-electron chi connectivity index (χ0n) is 8.79. The summed E-state index contributed by atoms with van der Waals surface area (Å²) in [5, 5.41) is 9.03. The highest BCUT2D eigenvalue weighted by Gasteiger charge is 2.14. The molecule has 1 rings (SSSR count). The van der Waals surface area contributed by atoms with Gasteiger partial charge in [-0.25, -0.2) is 4.79 Å². The van der Waals surface area contributed by atoms with E-state index in [4.69, 9.17) is 27.3 Å². The monoisotopic (exact) mass is 238 g/mol. The van der Waals surface area contributed by atoms with E-state index in [1.54, 1.807) is 6.92 Å². The van der Waals surface area contributed by atoms with E-state index in [0.29, 0.717) is 11.1 Å². The number of hydrogen-bond donors (Lipinski definition) is 1. The first-order valence-corrected chi connectivity index (χ1v) is 5.11. The number of carbonyl (C=O) groups excluding carboxylic acids is 1. The molecular formula is C11H11ClN2O2. The fraction of sp³-hybridized carbons (Fsp3) is 0.273. The van der Waals surface area contributed by atoms with Gasteiger partial charge in [0.1, 0.15) is 0 Å². The summed E-state index contributed by atoms with van der Waals surface area (Å²) in [6, 6.07) is 4.89. The molecule has 0 radical (unpaired) electrons. The Labute approximate surface area is 98.6 Å². The molecule has 0 saturated heterocycles. The van der Waals surface area contributed by atoms with Crippen molar-refractivity contribution in [1.82, 2.24) is 0 Å². The Bertz CT molecular complexity index is 452. The van der Waals surface area contributed by atoms with Crippen LogP contribution in [-0.4, -0.2) is 12.6 Å². The van der Waals surface area contributed by atoms with Crippen LogP contribution in [0.2, 0.25) is 5.02 Å². The van der Waals surface area contributed by atoms with Crippen molar-refractivity contribution in [3.05, 3.63) is 33.8 Å². The molecule has 0 heterocycles. The third-order valence-electron chi connectivity index (χ3n) is 2.03. The van der Waals surface area contributed by atoms with Crippen LogP contribution in [0.15, 0.2) is 12.1 Å². The van der Waals surface area contributed by atoms with E-state index in [0.717, 1.165) is 0 Å². The molecule has 4 nitrogen and oxygen atoms in total. The molecule has 0 fully saturated rings. The standard InChI is InChI=1S/C11H11ClN2O2/c1-2-16-11(15)9-3-7(5-13)8(6-14)4-10(9)12/h3-4H,2,5,13H2,1H3. The molecule has 2 N–H and O–H groups in total. The van der Waals surface area contributed by atoms with Crippen molar-refractivity contribution in [2.75, 3.05) is 6.61 Å². The predicted molar refractivity (Wildman–Crippen MR) is 60.0 cm³/mol. The molecule has 1 aromatic carbocycles. The molecule has 84 valence electrons. The number of hydrogen-bond acceptors (Lipinski definition) is 4. The Kier molecular flexibility index (Phi) is 4.29. The van der Waals surface area contributed by atoms with E-state index in [1.807, 2.05) is 6.07 Å².